The molecule has 5 heteroatoms. The van der Waals surface area contributed by atoms with Crippen molar-refractivity contribution in [2.75, 3.05) is 0 Å². The fraction of sp³-hybridized carbons (Fsp3) is 0.500. The van der Waals surface area contributed by atoms with Gasteiger partial charge in [0.05, 0.1) is 5.69 Å². The molecular formula is C8H13N3O2. The first kappa shape index (κ1) is 9.73. The number of primary amides is 1. The van der Waals surface area contributed by atoms with E-state index in [1.54, 1.807) is 17.9 Å². The van der Waals surface area contributed by atoms with Crippen LogP contribution in [0.5, 0.6) is 0 Å². The third-order valence-electron chi connectivity index (χ3n) is 1.84. The number of carbonyl (C=O) groups excluding carboxylic acids is 1. The molecule has 0 aliphatic rings. The van der Waals surface area contributed by atoms with Crippen molar-refractivity contribution >= 4 is 5.91 Å². The van der Waals surface area contributed by atoms with Crippen molar-refractivity contribution in [1.29, 1.82) is 0 Å². The molecule has 1 aromatic rings. The monoisotopic (exact) mass is 183 g/mol. The van der Waals surface area contributed by atoms with E-state index >= 15 is 0 Å². The number of nitrogens with two attached hydrogens (primary N) is 1. The molecule has 1 amide bonds. The van der Waals surface area contributed by atoms with Gasteiger partial charge in [0, 0.05) is 18.8 Å². The maximum atomic E-state index is 10.7. The van der Waals surface area contributed by atoms with Gasteiger partial charge >= 0.3 is 0 Å². The number of aryl methyl sites for hydroxylation is 2. The molecule has 1 aromatic heterocycles. The molecule has 0 aromatic carbocycles. The van der Waals surface area contributed by atoms with Crippen LogP contribution in [0, 0.1) is 0 Å². The summed E-state index contributed by atoms with van der Waals surface area (Å²) in [5, 5.41) is 13.5. The normalized spacial score (nSPS) is 12.8. The Bertz CT molecular complexity index is 319. The zero-order chi connectivity index (χ0) is 10.0. The van der Waals surface area contributed by atoms with E-state index in [9.17, 15) is 9.90 Å². The fourth-order valence-electron chi connectivity index (χ4n) is 1.21. The first-order chi connectivity index (χ1) is 6.06. The van der Waals surface area contributed by atoms with Crippen molar-refractivity contribution in [3.63, 3.8) is 0 Å². The van der Waals surface area contributed by atoms with Gasteiger partial charge in [0.2, 0.25) is 0 Å². The Morgan fingerprint density at radius 3 is 2.92 bits per heavy atom. The zero-order valence-electron chi connectivity index (χ0n) is 7.69. The highest BCUT2D eigenvalue weighted by Crippen LogP contribution is 2.16. The smallest absolute Gasteiger partial charge is 0.251 e. The van der Waals surface area contributed by atoms with Crippen LogP contribution < -0.4 is 5.73 Å². The van der Waals surface area contributed by atoms with Crippen LogP contribution in [0.1, 0.15) is 24.3 Å². The molecule has 72 valence electrons. The quantitative estimate of drug-likeness (QED) is 0.663. The van der Waals surface area contributed by atoms with Gasteiger partial charge in [0.1, 0.15) is 0 Å². The van der Waals surface area contributed by atoms with E-state index < -0.39 is 12.0 Å². The van der Waals surface area contributed by atoms with E-state index in [2.05, 4.69) is 5.10 Å². The molecule has 0 radical (unpaired) electrons. The van der Waals surface area contributed by atoms with Gasteiger partial charge in [-0.1, -0.05) is 6.92 Å². The van der Waals surface area contributed by atoms with E-state index in [1.165, 1.54) is 0 Å². The summed E-state index contributed by atoms with van der Waals surface area (Å²) >= 11 is 0. The first-order valence-corrected chi connectivity index (χ1v) is 4.06. The van der Waals surface area contributed by atoms with E-state index in [1.807, 2.05) is 6.92 Å². The average Bonchev–Trinajstić information content (AvgIpc) is 2.45. The van der Waals surface area contributed by atoms with Gasteiger partial charge in [-0.15, -0.1) is 0 Å². The number of hydrogen-bond donors (Lipinski definition) is 2. The van der Waals surface area contributed by atoms with Gasteiger partial charge in [-0.05, 0) is 6.42 Å². The summed E-state index contributed by atoms with van der Waals surface area (Å²) in [6, 6.07) is 0. The van der Waals surface area contributed by atoms with Gasteiger partial charge in [-0.2, -0.15) is 5.10 Å². The zero-order valence-corrected chi connectivity index (χ0v) is 7.69. The molecule has 1 heterocycles. The second-order valence-corrected chi connectivity index (χ2v) is 2.86. The Balaban J connectivity index is 3.05. The highest BCUT2D eigenvalue weighted by Gasteiger charge is 2.19. The number of aliphatic hydroxyl groups is 1. The lowest BCUT2D eigenvalue weighted by molar-refractivity contribution is -0.126. The minimum absolute atomic E-state index is 0.498. The van der Waals surface area contributed by atoms with Gasteiger partial charge < -0.3 is 10.8 Å². The lowest BCUT2D eigenvalue weighted by atomic mass is 10.1. The lowest BCUT2D eigenvalue weighted by Gasteiger charge is -2.04. The number of hydrogen-bond acceptors (Lipinski definition) is 3. The summed E-state index contributed by atoms with van der Waals surface area (Å²) < 4.78 is 1.56. The van der Waals surface area contributed by atoms with Crippen LogP contribution in [0.3, 0.4) is 0 Å². The molecule has 3 N–H and O–H groups in total. The molecule has 0 bridgehead atoms. The van der Waals surface area contributed by atoms with E-state index in [0.29, 0.717) is 17.7 Å². The van der Waals surface area contributed by atoms with Crippen LogP contribution in [0.2, 0.25) is 0 Å². The van der Waals surface area contributed by atoms with Crippen molar-refractivity contribution in [2.45, 2.75) is 19.4 Å². The van der Waals surface area contributed by atoms with Crippen LogP contribution in [0.25, 0.3) is 0 Å². The van der Waals surface area contributed by atoms with Crippen molar-refractivity contribution < 1.29 is 9.90 Å². The van der Waals surface area contributed by atoms with Crippen LogP contribution in [-0.4, -0.2) is 20.8 Å². The number of aromatic nitrogens is 2. The summed E-state index contributed by atoms with van der Waals surface area (Å²) in [6.07, 6.45) is 1.03. The molecule has 0 aliphatic heterocycles. The predicted molar refractivity (Wildman–Crippen MR) is 46.7 cm³/mol. The molecule has 0 spiro atoms. The summed E-state index contributed by atoms with van der Waals surface area (Å²) in [6.45, 7) is 1.90. The Hall–Kier alpha value is -1.36. The van der Waals surface area contributed by atoms with Gasteiger partial charge in [0.15, 0.2) is 6.10 Å². The highest BCUT2D eigenvalue weighted by molar-refractivity contribution is 5.80. The van der Waals surface area contributed by atoms with E-state index in [4.69, 9.17) is 5.73 Å². The SMILES string of the molecule is CCc1nn(C)cc1C(O)C(N)=O. The minimum atomic E-state index is -1.25. The third-order valence-corrected chi connectivity index (χ3v) is 1.84. The van der Waals surface area contributed by atoms with Crippen LogP contribution in [0.4, 0.5) is 0 Å². The molecular weight excluding hydrogens is 170 g/mol. The summed E-state index contributed by atoms with van der Waals surface area (Å²) in [5.74, 6) is -0.747. The molecule has 1 unspecified atom stereocenters. The molecule has 0 saturated carbocycles. The van der Waals surface area contributed by atoms with Crippen LogP contribution in [0.15, 0.2) is 6.20 Å². The summed E-state index contributed by atoms with van der Waals surface area (Å²) in [5.41, 5.74) is 6.18. The second kappa shape index (κ2) is 3.57. The molecule has 0 fully saturated rings. The fourth-order valence-corrected chi connectivity index (χ4v) is 1.21. The molecule has 0 aliphatic carbocycles. The maximum Gasteiger partial charge on any atom is 0.251 e. The molecule has 13 heavy (non-hydrogen) atoms. The Morgan fingerprint density at radius 1 is 1.85 bits per heavy atom. The number of carbonyl (C=O) groups is 1. The topological polar surface area (TPSA) is 81.1 Å². The van der Waals surface area contributed by atoms with Crippen molar-refractivity contribution in [1.82, 2.24) is 9.78 Å². The average molecular weight is 183 g/mol. The van der Waals surface area contributed by atoms with Gasteiger partial charge in [-0.25, -0.2) is 0 Å². The predicted octanol–water partition coefficient (Wildman–Crippen LogP) is -0.499. The largest absolute Gasteiger partial charge is 0.378 e. The van der Waals surface area contributed by atoms with Crippen molar-refractivity contribution in [2.24, 2.45) is 12.8 Å². The standard InChI is InChI=1S/C8H13N3O2/c1-3-6-5(4-11(2)10-6)7(12)8(9)13/h4,7,12H,3H2,1-2H3,(H2,9,13). The number of rotatable bonds is 3. The van der Waals surface area contributed by atoms with Gasteiger partial charge in [-0.3, -0.25) is 9.48 Å². The van der Waals surface area contributed by atoms with E-state index in [0.717, 1.165) is 0 Å². The van der Waals surface area contributed by atoms with Crippen molar-refractivity contribution in [3.05, 3.63) is 17.5 Å². The summed E-state index contributed by atoms with van der Waals surface area (Å²) in [4.78, 5) is 10.7. The summed E-state index contributed by atoms with van der Waals surface area (Å²) in [7, 11) is 1.73. The maximum absolute atomic E-state index is 10.7. The van der Waals surface area contributed by atoms with Crippen LogP contribution >= 0.6 is 0 Å². The third kappa shape index (κ3) is 1.86. The number of aliphatic hydroxyl groups excluding tert-OH is 1. The van der Waals surface area contributed by atoms with E-state index in [-0.39, 0.29) is 0 Å². The Kier molecular flexibility index (Phi) is 2.67. The molecule has 1 atom stereocenters. The Morgan fingerprint density at radius 2 is 2.46 bits per heavy atom. The van der Waals surface area contributed by atoms with Gasteiger partial charge in [0.25, 0.3) is 5.91 Å². The first-order valence-electron chi connectivity index (χ1n) is 4.06. The Labute approximate surface area is 76.2 Å². The minimum Gasteiger partial charge on any atom is -0.378 e. The molecule has 1 rings (SSSR count). The molecule has 5 nitrogen and oxygen atoms in total. The molecule has 0 saturated heterocycles. The number of nitrogens with zero attached hydrogens (tertiary/aromatic N) is 2. The highest BCUT2D eigenvalue weighted by atomic mass is 16.3. The second-order valence-electron chi connectivity index (χ2n) is 2.86. The lowest BCUT2D eigenvalue weighted by Crippen LogP contribution is -2.21. The van der Waals surface area contributed by atoms with Crippen molar-refractivity contribution in [3.8, 4) is 0 Å². The number of amides is 1. The van der Waals surface area contributed by atoms with Crippen LogP contribution in [-0.2, 0) is 18.3 Å².